The van der Waals surface area contributed by atoms with Crippen LogP contribution in [0.4, 0.5) is 0 Å². The number of hydrogen-bond acceptors (Lipinski definition) is 9. The molecule has 0 radical (unpaired) electrons. The zero-order valence-corrected chi connectivity index (χ0v) is 22.4. The maximum absolute atomic E-state index is 11.0. The van der Waals surface area contributed by atoms with E-state index in [1.807, 2.05) is 56.5 Å². The van der Waals surface area contributed by atoms with E-state index in [0.717, 1.165) is 45.8 Å². The number of carbonyl (C=O) groups excluding carboxylic acids is 2. The first-order valence-electron chi connectivity index (χ1n) is 12.6. The van der Waals surface area contributed by atoms with Crippen molar-refractivity contribution in [2.24, 2.45) is 5.73 Å². The average molecular weight is 525 g/mol. The van der Waals surface area contributed by atoms with Gasteiger partial charge in [0, 0.05) is 37.7 Å². The van der Waals surface area contributed by atoms with Crippen molar-refractivity contribution in [1.82, 2.24) is 34.4 Å². The minimum absolute atomic E-state index is 0.126. The third kappa shape index (κ3) is 7.63. The van der Waals surface area contributed by atoms with Crippen molar-refractivity contribution >= 4 is 34.5 Å². The number of rotatable bonds is 13. The van der Waals surface area contributed by atoms with Crippen LogP contribution in [0.3, 0.4) is 0 Å². The molecule has 0 saturated heterocycles. The Morgan fingerprint density at radius 2 is 1.45 bits per heavy atom. The molecule has 12 heteroatoms. The van der Waals surface area contributed by atoms with E-state index in [4.69, 9.17) is 15.2 Å². The normalized spacial score (nSPS) is 11.1. The molecular formula is C26H36N8O4. The zero-order valence-electron chi connectivity index (χ0n) is 22.4. The van der Waals surface area contributed by atoms with Gasteiger partial charge in [0.2, 0.25) is 5.91 Å². The number of imidazole rings is 2. The lowest BCUT2D eigenvalue weighted by Gasteiger charge is -2.09. The smallest absolute Gasteiger partial charge is 0.231 e. The third-order valence-corrected chi connectivity index (χ3v) is 5.59. The molecule has 0 aliphatic rings. The number of primary amides is 1. The molecule has 0 spiro atoms. The highest BCUT2D eigenvalue weighted by atomic mass is 16.5. The van der Waals surface area contributed by atoms with Gasteiger partial charge in [0.15, 0.2) is 23.4 Å². The number of amides is 1. The molecule has 38 heavy (non-hydrogen) atoms. The summed E-state index contributed by atoms with van der Waals surface area (Å²) in [5, 5.41) is 2.98. The topological polar surface area (TPSA) is 152 Å². The molecule has 0 aliphatic carbocycles. The lowest BCUT2D eigenvalue weighted by molar-refractivity contribution is -0.117. The van der Waals surface area contributed by atoms with Gasteiger partial charge in [-0.2, -0.15) is 0 Å². The summed E-state index contributed by atoms with van der Waals surface area (Å²) in [5.41, 5.74) is 10.1. The number of hydrogen-bond donors (Lipinski definition) is 2. The SMILES string of the molecule is CCOCCn1c(C=O)nc2ccc(C)nc21.CCOCCn1c(CNCC(N)=O)nc2ccc(C)nc21. The van der Waals surface area contributed by atoms with Crippen molar-refractivity contribution in [3.05, 3.63) is 47.3 Å². The first-order valence-corrected chi connectivity index (χ1v) is 12.6. The lowest BCUT2D eigenvalue weighted by atomic mass is 10.3. The second-order valence-corrected chi connectivity index (χ2v) is 8.47. The fourth-order valence-electron chi connectivity index (χ4n) is 3.84. The summed E-state index contributed by atoms with van der Waals surface area (Å²) in [7, 11) is 0. The van der Waals surface area contributed by atoms with Crippen molar-refractivity contribution in [2.75, 3.05) is 33.0 Å². The van der Waals surface area contributed by atoms with Crippen LogP contribution in [0.25, 0.3) is 22.3 Å². The van der Waals surface area contributed by atoms with E-state index in [1.54, 1.807) is 4.57 Å². The molecule has 0 fully saturated rings. The van der Waals surface area contributed by atoms with Crippen molar-refractivity contribution in [2.45, 2.75) is 47.3 Å². The molecule has 0 bridgehead atoms. The average Bonchev–Trinajstić information content (AvgIpc) is 3.41. The summed E-state index contributed by atoms with van der Waals surface area (Å²) in [5.74, 6) is 0.836. The first kappa shape index (κ1) is 28.8. The van der Waals surface area contributed by atoms with Crippen LogP contribution in [0.1, 0.15) is 41.7 Å². The van der Waals surface area contributed by atoms with Gasteiger partial charge in [-0.05, 0) is 52.0 Å². The number of aryl methyl sites for hydroxylation is 2. The van der Waals surface area contributed by atoms with Crippen molar-refractivity contribution in [3.63, 3.8) is 0 Å². The molecule has 0 saturated carbocycles. The number of carbonyl (C=O) groups is 2. The Morgan fingerprint density at radius 3 is 2.00 bits per heavy atom. The molecule has 4 aromatic rings. The highest BCUT2D eigenvalue weighted by Crippen LogP contribution is 2.15. The van der Waals surface area contributed by atoms with Crippen LogP contribution in [-0.4, -0.2) is 74.2 Å². The first-order chi connectivity index (χ1) is 18.4. The molecule has 4 rings (SSSR count). The van der Waals surface area contributed by atoms with Crippen molar-refractivity contribution < 1.29 is 19.1 Å². The predicted octanol–water partition coefficient (Wildman–Crippen LogP) is 1.94. The summed E-state index contributed by atoms with van der Waals surface area (Å²) < 4.78 is 14.5. The Labute approximate surface area is 221 Å². The standard InChI is InChI=1S/C14H21N5O2.C12H15N3O2/c1-3-21-7-6-19-13(9-16-8-12(15)20)18-11-5-4-10(2)17-14(11)19;1-3-17-7-6-15-11(8-16)14-10-5-4-9(2)13-12(10)15/h4-5,16H,3,6-9H2,1-2H3,(H2,15,20);4-5,8H,3,6-7H2,1-2H3. The van der Waals surface area contributed by atoms with Gasteiger partial charge in [0.05, 0.1) is 26.3 Å². The second kappa shape index (κ2) is 14.3. The monoisotopic (exact) mass is 524 g/mol. The molecule has 4 aromatic heterocycles. The van der Waals surface area contributed by atoms with Crippen LogP contribution < -0.4 is 11.1 Å². The molecule has 0 unspecified atom stereocenters. The van der Waals surface area contributed by atoms with Gasteiger partial charge in [-0.25, -0.2) is 19.9 Å². The van der Waals surface area contributed by atoms with Crippen LogP contribution in [0, 0.1) is 13.8 Å². The van der Waals surface area contributed by atoms with Gasteiger partial charge < -0.3 is 29.7 Å². The largest absolute Gasteiger partial charge is 0.380 e. The van der Waals surface area contributed by atoms with Crippen LogP contribution in [0.2, 0.25) is 0 Å². The summed E-state index contributed by atoms with van der Waals surface area (Å²) in [6.07, 6.45) is 0.753. The quantitative estimate of drug-likeness (QED) is 0.197. The van der Waals surface area contributed by atoms with E-state index in [0.29, 0.717) is 51.9 Å². The van der Waals surface area contributed by atoms with Gasteiger partial charge in [-0.15, -0.1) is 0 Å². The number of ether oxygens (including phenoxy) is 2. The number of aldehydes is 1. The fourth-order valence-corrected chi connectivity index (χ4v) is 3.84. The summed E-state index contributed by atoms with van der Waals surface area (Å²) in [6.45, 7) is 12.1. The van der Waals surface area contributed by atoms with Gasteiger partial charge in [0.25, 0.3) is 0 Å². The van der Waals surface area contributed by atoms with Crippen LogP contribution >= 0.6 is 0 Å². The molecule has 0 aliphatic heterocycles. The molecule has 1 amide bonds. The number of nitrogens with two attached hydrogens (primary N) is 1. The Bertz CT molecular complexity index is 1360. The van der Waals surface area contributed by atoms with E-state index >= 15 is 0 Å². The van der Waals surface area contributed by atoms with E-state index in [-0.39, 0.29) is 12.5 Å². The summed E-state index contributed by atoms with van der Waals surface area (Å²) in [6, 6.07) is 7.65. The molecule has 0 aromatic carbocycles. The van der Waals surface area contributed by atoms with Gasteiger partial charge in [-0.1, -0.05) is 0 Å². The fraction of sp³-hybridized carbons (Fsp3) is 0.462. The molecular weight excluding hydrogens is 488 g/mol. The third-order valence-electron chi connectivity index (χ3n) is 5.59. The highest BCUT2D eigenvalue weighted by molar-refractivity contribution is 5.80. The maximum Gasteiger partial charge on any atom is 0.231 e. The van der Waals surface area contributed by atoms with Crippen LogP contribution in [0.5, 0.6) is 0 Å². The summed E-state index contributed by atoms with van der Waals surface area (Å²) >= 11 is 0. The van der Waals surface area contributed by atoms with Crippen LogP contribution in [-0.2, 0) is 33.9 Å². The number of nitrogens with zero attached hydrogens (tertiary/aromatic N) is 6. The minimum Gasteiger partial charge on any atom is -0.380 e. The molecule has 204 valence electrons. The van der Waals surface area contributed by atoms with E-state index in [9.17, 15) is 9.59 Å². The van der Waals surface area contributed by atoms with Crippen LogP contribution in [0.15, 0.2) is 24.3 Å². The number of fused-ring (bicyclic) bond motifs is 2. The second-order valence-electron chi connectivity index (χ2n) is 8.47. The molecule has 4 heterocycles. The van der Waals surface area contributed by atoms with E-state index in [2.05, 4.69) is 25.3 Å². The van der Waals surface area contributed by atoms with Crippen molar-refractivity contribution in [3.8, 4) is 0 Å². The highest BCUT2D eigenvalue weighted by Gasteiger charge is 2.13. The molecule has 12 nitrogen and oxygen atoms in total. The molecule has 3 N–H and O–H groups in total. The Hall–Kier alpha value is -3.74. The van der Waals surface area contributed by atoms with E-state index in [1.165, 1.54) is 0 Å². The van der Waals surface area contributed by atoms with Crippen molar-refractivity contribution in [1.29, 1.82) is 0 Å². The predicted molar refractivity (Wildman–Crippen MR) is 144 cm³/mol. The minimum atomic E-state index is -0.388. The Balaban J connectivity index is 0.000000215. The Kier molecular flexibility index (Phi) is 10.8. The zero-order chi connectivity index (χ0) is 27.5. The lowest BCUT2D eigenvalue weighted by Crippen LogP contribution is -2.29. The maximum atomic E-state index is 11.0. The Morgan fingerprint density at radius 1 is 0.895 bits per heavy atom. The number of aromatic nitrogens is 6. The number of pyridine rings is 2. The molecule has 0 atom stereocenters. The van der Waals surface area contributed by atoms with Gasteiger partial charge in [-0.3, -0.25) is 9.59 Å². The summed E-state index contributed by atoms with van der Waals surface area (Å²) in [4.78, 5) is 39.5. The van der Waals surface area contributed by atoms with Gasteiger partial charge in [0.1, 0.15) is 16.9 Å². The number of nitrogens with one attached hydrogen (secondary N) is 1. The van der Waals surface area contributed by atoms with E-state index < -0.39 is 0 Å². The van der Waals surface area contributed by atoms with Gasteiger partial charge >= 0.3 is 0 Å².